The Morgan fingerprint density at radius 3 is 2.87 bits per heavy atom. The number of aromatic nitrogens is 2. The summed E-state index contributed by atoms with van der Waals surface area (Å²) >= 11 is 0. The highest BCUT2D eigenvalue weighted by Crippen LogP contribution is 2.10. The third kappa shape index (κ3) is 1.83. The normalized spacial score (nSPS) is 15.9. The molecule has 0 atom stereocenters. The van der Waals surface area contributed by atoms with E-state index < -0.39 is 0 Å². The average molecular weight is 206 g/mol. The molecular weight excluding hydrogens is 192 g/mol. The van der Waals surface area contributed by atoms with Crippen LogP contribution in [0.25, 0.3) is 0 Å². The molecule has 1 saturated heterocycles. The fourth-order valence-electron chi connectivity index (χ4n) is 1.50. The zero-order valence-electron chi connectivity index (χ0n) is 8.90. The van der Waals surface area contributed by atoms with Crippen LogP contribution in [0.2, 0.25) is 0 Å². The smallest absolute Gasteiger partial charge is 0.257 e. The largest absolute Gasteiger partial charge is 0.336 e. The van der Waals surface area contributed by atoms with Crippen LogP contribution < -0.4 is 5.32 Å². The van der Waals surface area contributed by atoms with Crippen LogP contribution in [0.15, 0.2) is 12.5 Å². The molecule has 1 amide bonds. The Balaban J connectivity index is 2.16. The number of rotatable bonds is 2. The molecule has 0 radical (unpaired) electrons. The van der Waals surface area contributed by atoms with E-state index >= 15 is 0 Å². The van der Waals surface area contributed by atoms with Crippen molar-refractivity contribution >= 4 is 5.91 Å². The Kier molecular flexibility index (Phi) is 2.64. The first-order valence-electron chi connectivity index (χ1n) is 4.94. The number of carbonyl (C=O) groups excluding carboxylic acids is 1. The topological polar surface area (TPSA) is 58.1 Å². The lowest BCUT2D eigenvalue weighted by Gasteiger charge is -2.35. The summed E-state index contributed by atoms with van der Waals surface area (Å²) in [6.07, 6.45) is 3.03. The second-order valence-corrected chi connectivity index (χ2v) is 3.75. The first-order chi connectivity index (χ1) is 7.20. The lowest BCUT2D eigenvalue weighted by Crippen LogP contribution is -2.57. The Morgan fingerprint density at radius 2 is 2.33 bits per heavy atom. The summed E-state index contributed by atoms with van der Waals surface area (Å²) in [5.74, 6) is -0.000370. The zero-order chi connectivity index (χ0) is 10.8. The van der Waals surface area contributed by atoms with E-state index in [1.807, 2.05) is 14.0 Å². The van der Waals surface area contributed by atoms with Crippen LogP contribution in [0.5, 0.6) is 0 Å². The van der Waals surface area contributed by atoms with Crippen LogP contribution >= 0.6 is 0 Å². The van der Waals surface area contributed by atoms with Crippen molar-refractivity contribution in [3.63, 3.8) is 0 Å². The van der Waals surface area contributed by atoms with Gasteiger partial charge in [0.15, 0.2) is 0 Å². The number of likely N-dealkylation sites (N-methyl/N-ethyl adjacent to an activating group) is 1. The Labute approximate surface area is 88.5 Å². The van der Waals surface area contributed by atoms with Gasteiger partial charge in [0.25, 0.3) is 5.91 Å². The predicted octanol–water partition coefficient (Wildman–Crippen LogP) is -0.171. The molecule has 15 heavy (non-hydrogen) atoms. The molecule has 0 aliphatic carbocycles. The number of aryl methyl sites for hydroxylation is 1. The van der Waals surface area contributed by atoms with Gasteiger partial charge >= 0.3 is 0 Å². The number of amides is 1. The van der Waals surface area contributed by atoms with Crippen molar-refractivity contribution in [2.45, 2.75) is 13.0 Å². The van der Waals surface area contributed by atoms with Gasteiger partial charge in [-0.25, -0.2) is 9.97 Å². The molecule has 0 saturated carbocycles. The van der Waals surface area contributed by atoms with Crippen molar-refractivity contribution in [2.24, 2.45) is 0 Å². The Hall–Kier alpha value is -1.49. The molecule has 0 bridgehead atoms. The second-order valence-electron chi connectivity index (χ2n) is 3.75. The number of carbonyl (C=O) groups is 1. The average Bonchev–Trinajstić information content (AvgIpc) is 2.15. The van der Waals surface area contributed by atoms with Gasteiger partial charge in [0, 0.05) is 26.3 Å². The van der Waals surface area contributed by atoms with E-state index in [1.54, 1.807) is 11.1 Å². The van der Waals surface area contributed by atoms with Crippen LogP contribution in [-0.2, 0) is 0 Å². The van der Waals surface area contributed by atoms with Crippen LogP contribution in [0.4, 0.5) is 0 Å². The lowest BCUT2D eigenvalue weighted by atomic mass is 10.1. The number of nitrogens with one attached hydrogen (secondary N) is 1. The van der Waals surface area contributed by atoms with Gasteiger partial charge < -0.3 is 10.2 Å². The van der Waals surface area contributed by atoms with Gasteiger partial charge in [0.05, 0.1) is 17.3 Å². The number of hydrogen-bond donors (Lipinski definition) is 1. The summed E-state index contributed by atoms with van der Waals surface area (Å²) in [7, 11) is 1.82. The molecule has 80 valence electrons. The highest BCUT2D eigenvalue weighted by atomic mass is 16.2. The van der Waals surface area contributed by atoms with Crippen molar-refractivity contribution in [1.29, 1.82) is 0 Å². The molecule has 1 N–H and O–H groups in total. The van der Waals surface area contributed by atoms with E-state index in [2.05, 4.69) is 15.3 Å². The van der Waals surface area contributed by atoms with Crippen molar-refractivity contribution in [1.82, 2.24) is 20.2 Å². The van der Waals surface area contributed by atoms with Crippen LogP contribution in [0.3, 0.4) is 0 Å². The van der Waals surface area contributed by atoms with Gasteiger partial charge in [-0.2, -0.15) is 0 Å². The van der Waals surface area contributed by atoms with E-state index in [0.717, 1.165) is 18.8 Å². The maximum atomic E-state index is 12.0. The summed E-state index contributed by atoms with van der Waals surface area (Å²) in [6.45, 7) is 3.56. The van der Waals surface area contributed by atoms with E-state index in [4.69, 9.17) is 0 Å². The fraction of sp³-hybridized carbons (Fsp3) is 0.500. The van der Waals surface area contributed by atoms with Gasteiger partial charge in [-0.05, 0) is 6.92 Å². The van der Waals surface area contributed by atoms with Crippen molar-refractivity contribution in [3.05, 3.63) is 23.8 Å². The maximum Gasteiger partial charge on any atom is 0.257 e. The molecule has 0 aromatic carbocycles. The minimum atomic E-state index is -0.000370. The predicted molar refractivity (Wildman–Crippen MR) is 55.5 cm³/mol. The zero-order valence-corrected chi connectivity index (χ0v) is 8.90. The molecule has 2 rings (SSSR count). The van der Waals surface area contributed by atoms with Crippen molar-refractivity contribution in [2.75, 3.05) is 20.1 Å². The maximum absolute atomic E-state index is 12.0. The van der Waals surface area contributed by atoms with E-state index in [-0.39, 0.29) is 5.91 Å². The molecule has 2 heterocycles. The molecule has 0 unspecified atom stereocenters. The third-order valence-electron chi connectivity index (χ3n) is 2.77. The van der Waals surface area contributed by atoms with Gasteiger partial charge in [-0.15, -0.1) is 0 Å². The van der Waals surface area contributed by atoms with Gasteiger partial charge in [0.1, 0.15) is 6.33 Å². The highest BCUT2D eigenvalue weighted by Gasteiger charge is 2.26. The van der Waals surface area contributed by atoms with Crippen molar-refractivity contribution < 1.29 is 4.79 Å². The second kappa shape index (κ2) is 3.94. The first kappa shape index (κ1) is 10.0. The Bertz CT molecular complexity index is 375. The molecule has 0 spiro atoms. The molecule has 5 nitrogen and oxygen atoms in total. The summed E-state index contributed by atoms with van der Waals surface area (Å²) in [5.41, 5.74) is 1.32. The van der Waals surface area contributed by atoms with E-state index in [1.165, 1.54) is 6.33 Å². The summed E-state index contributed by atoms with van der Waals surface area (Å²) in [6, 6.07) is 0.303. The third-order valence-corrected chi connectivity index (χ3v) is 2.77. The lowest BCUT2D eigenvalue weighted by molar-refractivity contribution is 0.0679. The summed E-state index contributed by atoms with van der Waals surface area (Å²) in [4.78, 5) is 21.7. The van der Waals surface area contributed by atoms with E-state index in [9.17, 15) is 4.79 Å². The fourth-order valence-corrected chi connectivity index (χ4v) is 1.50. The van der Waals surface area contributed by atoms with Crippen LogP contribution in [0.1, 0.15) is 16.1 Å². The standard InChI is InChI=1S/C10H14N4O/c1-7-9(5-12-6-13-7)10(15)14(2)8-3-11-4-8/h5-6,8,11H,3-4H2,1-2H3. The molecule has 1 aliphatic heterocycles. The number of nitrogens with zero attached hydrogens (tertiary/aromatic N) is 3. The van der Waals surface area contributed by atoms with Crippen molar-refractivity contribution in [3.8, 4) is 0 Å². The Morgan fingerprint density at radius 1 is 1.60 bits per heavy atom. The molecule has 5 heteroatoms. The molecule has 1 aromatic rings. The molecule has 1 fully saturated rings. The summed E-state index contributed by atoms with van der Waals surface area (Å²) in [5, 5.41) is 3.14. The summed E-state index contributed by atoms with van der Waals surface area (Å²) < 4.78 is 0. The number of hydrogen-bond acceptors (Lipinski definition) is 4. The van der Waals surface area contributed by atoms with Gasteiger partial charge in [-0.3, -0.25) is 4.79 Å². The van der Waals surface area contributed by atoms with E-state index in [0.29, 0.717) is 11.6 Å². The monoisotopic (exact) mass is 206 g/mol. The molecule has 1 aromatic heterocycles. The first-order valence-corrected chi connectivity index (χ1v) is 4.94. The molecular formula is C10H14N4O. The quantitative estimate of drug-likeness (QED) is 0.730. The van der Waals surface area contributed by atoms with Gasteiger partial charge in [-0.1, -0.05) is 0 Å². The molecule has 1 aliphatic rings. The van der Waals surface area contributed by atoms with Gasteiger partial charge in [0.2, 0.25) is 0 Å². The SMILES string of the molecule is Cc1ncncc1C(=O)N(C)C1CNC1. The minimum absolute atomic E-state index is 0.000370. The minimum Gasteiger partial charge on any atom is -0.336 e. The van der Waals surface area contributed by atoms with Crippen LogP contribution in [0, 0.1) is 6.92 Å². The van der Waals surface area contributed by atoms with Crippen LogP contribution in [-0.4, -0.2) is 47.0 Å². The highest BCUT2D eigenvalue weighted by molar-refractivity contribution is 5.95.